The van der Waals surface area contributed by atoms with E-state index in [1.54, 1.807) is 6.07 Å². The highest BCUT2D eigenvalue weighted by molar-refractivity contribution is 5.73. The quantitative estimate of drug-likeness (QED) is 0.637. The highest BCUT2D eigenvalue weighted by atomic mass is 16.5. The topological polar surface area (TPSA) is 61.7 Å². The number of nitrogens with one attached hydrogen (secondary N) is 1. The average Bonchev–Trinajstić information content (AvgIpc) is 3.11. The van der Waals surface area contributed by atoms with Gasteiger partial charge in [-0.05, 0) is 42.7 Å². The lowest BCUT2D eigenvalue weighted by molar-refractivity contribution is 0.225. The van der Waals surface area contributed by atoms with Crippen LogP contribution in [-0.2, 0) is 6.42 Å². The normalized spacial score (nSPS) is 15.2. The van der Waals surface area contributed by atoms with Gasteiger partial charge in [0.05, 0.1) is 12.1 Å². The number of fused-ring (bicyclic) bond motifs is 1. The second-order valence-corrected chi connectivity index (χ2v) is 7.22. The van der Waals surface area contributed by atoms with Crippen molar-refractivity contribution in [2.45, 2.75) is 19.8 Å². The number of ether oxygens (including phenoxy) is 1. The SMILES string of the molecule is CCc1ccc(N2CCN(CCCOc3ccc4[nH]c(=O)oc4c3)CC2)cc1. The molecule has 0 radical (unpaired) electrons. The minimum absolute atomic E-state index is 0.437. The number of hydrogen-bond acceptors (Lipinski definition) is 5. The highest BCUT2D eigenvalue weighted by Gasteiger charge is 2.16. The Bertz CT molecular complexity index is 953. The lowest BCUT2D eigenvalue weighted by Gasteiger charge is -2.36. The molecule has 1 aliphatic heterocycles. The van der Waals surface area contributed by atoms with Gasteiger partial charge in [0.2, 0.25) is 0 Å². The number of aryl methyl sites for hydroxylation is 1. The fourth-order valence-corrected chi connectivity index (χ4v) is 3.67. The van der Waals surface area contributed by atoms with Crippen LogP contribution >= 0.6 is 0 Å². The Morgan fingerprint density at radius 3 is 2.61 bits per heavy atom. The number of nitrogens with zero attached hydrogens (tertiary/aromatic N) is 2. The number of aromatic amines is 1. The van der Waals surface area contributed by atoms with Gasteiger partial charge in [-0.15, -0.1) is 0 Å². The third-order valence-electron chi connectivity index (χ3n) is 5.36. The van der Waals surface area contributed by atoms with Gasteiger partial charge in [0.1, 0.15) is 5.75 Å². The van der Waals surface area contributed by atoms with Crippen LogP contribution < -0.4 is 15.4 Å². The summed E-state index contributed by atoms with van der Waals surface area (Å²) >= 11 is 0. The van der Waals surface area contributed by atoms with Gasteiger partial charge in [-0.2, -0.15) is 0 Å². The maximum absolute atomic E-state index is 11.2. The molecule has 6 heteroatoms. The van der Waals surface area contributed by atoms with Crippen LogP contribution in [0, 0.1) is 0 Å². The van der Waals surface area contributed by atoms with Crippen LogP contribution in [-0.4, -0.2) is 49.2 Å². The molecule has 1 aliphatic rings. The fourth-order valence-electron chi connectivity index (χ4n) is 3.67. The van der Waals surface area contributed by atoms with Crippen molar-refractivity contribution >= 4 is 16.8 Å². The Kier molecular flexibility index (Phi) is 5.67. The molecule has 2 aromatic carbocycles. The van der Waals surface area contributed by atoms with Crippen molar-refractivity contribution < 1.29 is 9.15 Å². The number of oxazole rings is 1. The van der Waals surface area contributed by atoms with E-state index in [2.05, 4.69) is 46.0 Å². The molecule has 1 aromatic heterocycles. The largest absolute Gasteiger partial charge is 0.493 e. The van der Waals surface area contributed by atoms with E-state index in [-0.39, 0.29) is 0 Å². The van der Waals surface area contributed by atoms with E-state index >= 15 is 0 Å². The van der Waals surface area contributed by atoms with Gasteiger partial charge in [-0.3, -0.25) is 9.88 Å². The zero-order valence-corrected chi connectivity index (χ0v) is 16.3. The fraction of sp³-hybridized carbons (Fsp3) is 0.409. The van der Waals surface area contributed by atoms with E-state index in [4.69, 9.17) is 9.15 Å². The molecule has 0 unspecified atom stereocenters. The van der Waals surface area contributed by atoms with Crippen molar-refractivity contribution in [2.75, 3.05) is 44.2 Å². The third-order valence-corrected chi connectivity index (χ3v) is 5.36. The molecule has 6 nitrogen and oxygen atoms in total. The monoisotopic (exact) mass is 381 g/mol. The number of benzene rings is 2. The molecule has 3 aromatic rings. The molecule has 2 heterocycles. The molecule has 28 heavy (non-hydrogen) atoms. The van der Waals surface area contributed by atoms with E-state index < -0.39 is 5.76 Å². The Balaban J connectivity index is 1.19. The summed E-state index contributed by atoms with van der Waals surface area (Å²) in [6, 6.07) is 14.4. The van der Waals surface area contributed by atoms with Crippen LogP contribution in [0.4, 0.5) is 5.69 Å². The molecule has 0 bridgehead atoms. The number of aromatic nitrogens is 1. The number of hydrogen-bond donors (Lipinski definition) is 1. The van der Waals surface area contributed by atoms with Crippen LogP contribution in [0.5, 0.6) is 5.75 Å². The van der Waals surface area contributed by atoms with Crippen LogP contribution in [0.1, 0.15) is 18.9 Å². The molecular weight excluding hydrogens is 354 g/mol. The average molecular weight is 381 g/mol. The molecule has 0 atom stereocenters. The Morgan fingerprint density at radius 1 is 1.07 bits per heavy atom. The minimum Gasteiger partial charge on any atom is -0.493 e. The summed E-state index contributed by atoms with van der Waals surface area (Å²) in [5, 5.41) is 0. The summed E-state index contributed by atoms with van der Waals surface area (Å²) < 4.78 is 10.9. The first-order valence-corrected chi connectivity index (χ1v) is 10.0. The van der Waals surface area contributed by atoms with Gasteiger partial charge in [0.25, 0.3) is 0 Å². The molecule has 1 saturated heterocycles. The van der Waals surface area contributed by atoms with Crippen molar-refractivity contribution in [3.05, 3.63) is 58.6 Å². The Morgan fingerprint density at radius 2 is 1.86 bits per heavy atom. The number of H-pyrrole nitrogens is 1. The van der Waals surface area contributed by atoms with Crippen molar-refractivity contribution in [1.29, 1.82) is 0 Å². The molecule has 0 spiro atoms. The molecule has 4 rings (SSSR count). The van der Waals surface area contributed by atoms with Gasteiger partial charge in [0.15, 0.2) is 5.58 Å². The van der Waals surface area contributed by atoms with Crippen LogP contribution in [0.15, 0.2) is 51.7 Å². The van der Waals surface area contributed by atoms with E-state index in [9.17, 15) is 4.79 Å². The third kappa shape index (κ3) is 4.39. The first-order valence-electron chi connectivity index (χ1n) is 10.0. The predicted molar refractivity (Wildman–Crippen MR) is 111 cm³/mol. The molecule has 148 valence electrons. The van der Waals surface area contributed by atoms with E-state index in [1.165, 1.54) is 11.3 Å². The minimum atomic E-state index is -0.437. The smallest absolute Gasteiger partial charge is 0.417 e. The van der Waals surface area contributed by atoms with Gasteiger partial charge >= 0.3 is 5.76 Å². The molecule has 0 aliphatic carbocycles. The summed E-state index contributed by atoms with van der Waals surface area (Å²) in [6.45, 7) is 8.16. The zero-order valence-electron chi connectivity index (χ0n) is 16.3. The van der Waals surface area contributed by atoms with E-state index in [0.29, 0.717) is 17.7 Å². The van der Waals surface area contributed by atoms with Crippen LogP contribution in [0.2, 0.25) is 0 Å². The number of rotatable bonds is 7. The van der Waals surface area contributed by atoms with E-state index in [1.807, 2.05) is 12.1 Å². The lowest BCUT2D eigenvalue weighted by Crippen LogP contribution is -2.46. The van der Waals surface area contributed by atoms with Crippen LogP contribution in [0.3, 0.4) is 0 Å². The summed E-state index contributed by atoms with van der Waals surface area (Å²) in [5.74, 6) is 0.295. The lowest BCUT2D eigenvalue weighted by atomic mass is 10.1. The predicted octanol–water partition coefficient (Wildman–Crippen LogP) is 3.27. The van der Waals surface area contributed by atoms with Gasteiger partial charge in [-0.1, -0.05) is 19.1 Å². The Hall–Kier alpha value is -2.73. The number of piperazine rings is 1. The van der Waals surface area contributed by atoms with Gasteiger partial charge in [0, 0.05) is 44.5 Å². The molecule has 1 N–H and O–H groups in total. The van der Waals surface area contributed by atoms with E-state index in [0.717, 1.165) is 51.3 Å². The van der Waals surface area contributed by atoms with Crippen molar-refractivity contribution in [1.82, 2.24) is 9.88 Å². The highest BCUT2D eigenvalue weighted by Crippen LogP contribution is 2.19. The maximum atomic E-state index is 11.2. The van der Waals surface area contributed by atoms with Crippen molar-refractivity contribution in [2.24, 2.45) is 0 Å². The van der Waals surface area contributed by atoms with Crippen molar-refractivity contribution in [3.8, 4) is 5.75 Å². The first-order chi connectivity index (χ1) is 13.7. The second kappa shape index (κ2) is 8.52. The first kappa shape index (κ1) is 18.6. The maximum Gasteiger partial charge on any atom is 0.417 e. The summed E-state index contributed by atoms with van der Waals surface area (Å²) in [7, 11) is 0. The molecule has 0 saturated carbocycles. The second-order valence-electron chi connectivity index (χ2n) is 7.22. The summed E-state index contributed by atoms with van der Waals surface area (Å²) in [4.78, 5) is 18.8. The summed E-state index contributed by atoms with van der Waals surface area (Å²) in [5.41, 5.74) is 3.94. The van der Waals surface area contributed by atoms with Gasteiger partial charge < -0.3 is 14.1 Å². The number of anilines is 1. The standard InChI is InChI=1S/C22H27N3O3/c1-2-17-4-6-18(7-5-17)25-13-11-24(12-14-25)10-3-15-27-19-8-9-20-21(16-19)28-22(26)23-20/h4-9,16H,2-3,10-15H2,1H3,(H,23,26). The molecule has 0 amide bonds. The van der Waals surface area contributed by atoms with Crippen molar-refractivity contribution in [3.63, 3.8) is 0 Å². The Labute approximate surface area is 164 Å². The molecular formula is C22H27N3O3. The zero-order chi connectivity index (χ0) is 19.3. The van der Waals surface area contributed by atoms with Crippen LogP contribution in [0.25, 0.3) is 11.1 Å². The summed E-state index contributed by atoms with van der Waals surface area (Å²) in [6.07, 6.45) is 2.06. The molecule has 1 fully saturated rings. The van der Waals surface area contributed by atoms with Gasteiger partial charge in [-0.25, -0.2) is 4.79 Å².